The van der Waals surface area contributed by atoms with Gasteiger partial charge in [0.2, 0.25) is 5.91 Å². The van der Waals surface area contributed by atoms with Gasteiger partial charge in [0.1, 0.15) is 12.3 Å². The molecule has 2 aromatic carbocycles. The Morgan fingerprint density at radius 2 is 1.91 bits per heavy atom. The molecule has 8 heteroatoms. The second kappa shape index (κ2) is 9.13. The van der Waals surface area contributed by atoms with E-state index in [1.807, 2.05) is 37.3 Å². The van der Waals surface area contributed by atoms with Gasteiger partial charge in [0.05, 0.1) is 20.1 Å². The summed E-state index contributed by atoms with van der Waals surface area (Å²) in [6, 6.07) is 14.7. The Kier molecular flexibility index (Phi) is 6.11. The van der Waals surface area contributed by atoms with Gasteiger partial charge in [-0.1, -0.05) is 23.4 Å². The third-order valence-corrected chi connectivity index (χ3v) is 5.45. The molecule has 1 fully saturated rings. The molecule has 1 atom stereocenters. The quantitative estimate of drug-likeness (QED) is 0.521. The molecule has 4 rings (SSSR count). The average Bonchev–Trinajstić information content (AvgIpc) is 3.44. The molecule has 8 nitrogen and oxygen atoms in total. The summed E-state index contributed by atoms with van der Waals surface area (Å²) >= 11 is 0. The van der Waals surface area contributed by atoms with Crippen molar-refractivity contribution in [2.24, 2.45) is 5.92 Å². The number of methoxy groups -OCH3 is 2. The molecule has 1 aliphatic heterocycles. The molecule has 0 bridgehead atoms. The second-order valence-corrected chi connectivity index (χ2v) is 7.55. The maximum Gasteiger partial charge on any atom is 0.311 e. The maximum absolute atomic E-state index is 12.6. The number of hydrogen-bond acceptors (Lipinski definition) is 7. The molecule has 0 N–H and O–H groups in total. The minimum absolute atomic E-state index is 0.0370. The summed E-state index contributed by atoms with van der Waals surface area (Å²) in [5, 5.41) is 3.98. The van der Waals surface area contributed by atoms with E-state index in [9.17, 15) is 9.59 Å². The second-order valence-electron chi connectivity index (χ2n) is 7.55. The SMILES string of the molecule is COc1ccc(-c2cc(COC(=O)C3CC(=O)N(c4ccccc4C)C3)no2)cc1OC. The number of nitrogens with zero attached hydrogens (tertiary/aromatic N) is 2. The van der Waals surface area contributed by atoms with Crippen molar-refractivity contribution < 1.29 is 28.3 Å². The van der Waals surface area contributed by atoms with Crippen molar-refractivity contribution in [3.05, 3.63) is 59.8 Å². The Hall–Kier alpha value is -3.81. The lowest BCUT2D eigenvalue weighted by Crippen LogP contribution is -2.27. The summed E-state index contributed by atoms with van der Waals surface area (Å²) in [6.45, 7) is 2.21. The van der Waals surface area contributed by atoms with Crippen LogP contribution in [0.4, 0.5) is 5.69 Å². The number of benzene rings is 2. The molecule has 1 aliphatic rings. The van der Waals surface area contributed by atoms with E-state index < -0.39 is 11.9 Å². The van der Waals surface area contributed by atoms with Crippen LogP contribution in [-0.4, -0.2) is 37.8 Å². The Morgan fingerprint density at radius 1 is 1.12 bits per heavy atom. The summed E-state index contributed by atoms with van der Waals surface area (Å²) in [7, 11) is 3.12. The van der Waals surface area contributed by atoms with Crippen LogP contribution in [0, 0.1) is 12.8 Å². The fourth-order valence-electron chi connectivity index (χ4n) is 3.73. The molecule has 32 heavy (non-hydrogen) atoms. The van der Waals surface area contributed by atoms with Crippen molar-refractivity contribution in [2.45, 2.75) is 20.0 Å². The van der Waals surface area contributed by atoms with Gasteiger partial charge in [-0.15, -0.1) is 0 Å². The third-order valence-electron chi connectivity index (χ3n) is 5.45. The third kappa shape index (κ3) is 4.30. The van der Waals surface area contributed by atoms with Gasteiger partial charge in [-0.25, -0.2) is 0 Å². The molecular formula is C24H24N2O6. The highest BCUT2D eigenvalue weighted by Gasteiger charge is 2.36. The van der Waals surface area contributed by atoms with E-state index in [4.69, 9.17) is 18.7 Å². The molecule has 3 aromatic rings. The molecule has 1 unspecified atom stereocenters. The number of rotatable bonds is 7. The first-order chi connectivity index (χ1) is 15.5. The zero-order chi connectivity index (χ0) is 22.7. The Morgan fingerprint density at radius 3 is 2.66 bits per heavy atom. The minimum Gasteiger partial charge on any atom is -0.493 e. The molecule has 1 amide bonds. The summed E-state index contributed by atoms with van der Waals surface area (Å²) in [4.78, 5) is 26.7. The number of carbonyl (C=O) groups is 2. The van der Waals surface area contributed by atoms with Crippen LogP contribution in [0.5, 0.6) is 11.5 Å². The molecule has 166 valence electrons. The topological polar surface area (TPSA) is 91.1 Å². The zero-order valence-electron chi connectivity index (χ0n) is 18.2. The van der Waals surface area contributed by atoms with E-state index in [2.05, 4.69) is 5.16 Å². The van der Waals surface area contributed by atoms with E-state index in [1.54, 1.807) is 37.3 Å². The van der Waals surface area contributed by atoms with Gasteiger partial charge in [0.25, 0.3) is 0 Å². The van der Waals surface area contributed by atoms with E-state index in [0.29, 0.717) is 29.5 Å². The number of carbonyl (C=O) groups excluding carboxylic acids is 2. The van der Waals surface area contributed by atoms with Crippen molar-refractivity contribution in [1.29, 1.82) is 0 Å². The lowest BCUT2D eigenvalue weighted by molar-refractivity contribution is -0.149. The van der Waals surface area contributed by atoms with Crippen LogP contribution in [0.3, 0.4) is 0 Å². The van der Waals surface area contributed by atoms with Crippen molar-refractivity contribution >= 4 is 17.6 Å². The van der Waals surface area contributed by atoms with Crippen LogP contribution in [0.1, 0.15) is 17.7 Å². The summed E-state index contributed by atoms with van der Waals surface area (Å²) < 4.78 is 21.4. The molecular weight excluding hydrogens is 412 g/mol. The van der Waals surface area contributed by atoms with Crippen LogP contribution in [-0.2, 0) is 20.9 Å². The molecule has 1 aromatic heterocycles. The highest BCUT2D eigenvalue weighted by atomic mass is 16.5. The van der Waals surface area contributed by atoms with Gasteiger partial charge < -0.3 is 23.6 Å². The largest absolute Gasteiger partial charge is 0.493 e. The minimum atomic E-state index is -0.515. The molecule has 1 saturated heterocycles. The van der Waals surface area contributed by atoms with Gasteiger partial charge in [-0.3, -0.25) is 9.59 Å². The molecule has 2 heterocycles. The van der Waals surface area contributed by atoms with Crippen LogP contribution < -0.4 is 14.4 Å². The smallest absolute Gasteiger partial charge is 0.311 e. The van der Waals surface area contributed by atoms with Crippen LogP contribution >= 0.6 is 0 Å². The fraction of sp³-hybridized carbons (Fsp3) is 0.292. The molecule has 0 saturated carbocycles. The lowest BCUT2D eigenvalue weighted by Gasteiger charge is -2.18. The van der Waals surface area contributed by atoms with Gasteiger partial charge >= 0.3 is 5.97 Å². The van der Waals surface area contributed by atoms with E-state index in [1.165, 1.54) is 0 Å². The van der Waals surface area contributed by atoms with Gasteiger partial charge in [0, 0.05) is 30.3 Å². The number of aromatic nitrogens is 1. The Balaban J connectivity index is 1.38. The normalized spacial score (nSPS) is 15.7. The van der Waals surface area contributed by atoms with E-state index in [0.717, 1.165) is 16.8 Å². The number of amides is 1. The molecule has 0 radical (unpaired) electrons. The molecule has 0 spiro atoms. The predicted octanol–water partition coefficient (Wildman–Crippen LogP) is 3.76. The number of aryl methyl sites for hydroxylation is 1. The van der Waals surface area contributed by atoms with Gasteiger partial charge in [-0.2, -0.15) is 0 Å². The number of esters is 1. The summed E-state index contributed by atoms with van der Waals surface area (Å²) in [5.74, 6) is 0.663. The first-order valence-electron chi connectivity index (χ1n) is 10.2. The van der Waals surface area contributed by atoms with Gasteiger partial charge in [-0.05, 0) is 36.8 Å². The summed E-state index contributed by atoms with van der Waals surface area (Å²) in [6.07, 6.45) is 0.128. The maximum atomic E-state index is 12.6. The monoisotopic (exact) mass is 436 g/mol. The predicted molar refractivity (Wildman–Crippen MR) is 116 cm³/mol. The Bertz CT molecular complexity index is 1140. The summed E-state index contributed by atoms with van der Waals surface area (Å²) in [5.41, 5.74) is 3.04. The van der Waals surface area contributed by atoms with Crippen molar-refractivity contribution in [3.63, 3.8) is 0 Å². The van der Waals surface area contributed by atoms with Crippen LogP contribution in [0.25, 0.3) is 11.3 Å². The zero-order valence-corrected chi connectivity index (χ0v) is 18.2. The number of anilines is 1. The standard InChI is InChI=1S/C24H24N2O6/c1-15-6-4-5-7-19(15)26-13-17(11-23(26)27)24(28)31-14-18-12-21(32-25-18)16-8-9-20(29-2)22(10-16)30-3/h4-10,12,17H,11,13-14H2,1-3H3. The van der Waals surface area contributed by atoms with Crippen LogP contribution in [0.2, 0.25) is 0 Å². The number of ether oxygens (including phenoxy) is 3. The van der Waals surface area contributed by atoms with E-state index in [-0.39, 0.29) is 18.9 Å². The van der Waals surface area contributed by atoms with Crippen molar-refractivity contribution in [1.82, 2.24) is 5.16 Å². The van der Waals surface area contributed by atoms with E-state index >= 15 is 0 Å². The van der Waals surface area contributed by atoms with Gasteiger partial charge in [0.15, 0.2) is 17.3 Å². The van der Waals surface area contributed by atoms with Crippen LogP contribution in [0.15, 0.2) is 53.1 Å². The number of hydrogen-bond donors (Lipinski definition) is 0. The lowest BCUT2D eigenvalue weighted by atomic mass is 10.1. The Labute approximate surface area is 185 Å². The van der Waals surface area contributed by atoms with Crippen molar-refractivity contribution in [3.8, 4) is 22.8 Å². The first kappa shape index (κ1) is 21.4. The average molecular weight is 436 g/mol. The van der Waals surface area contributed by atoms with Crippen molar-refractivity contribution in [2.75, 3.05) is 25.7 Å². The highest BCUT2D eigenvalue weighted by Crippen LogP contribution is 2.33. The molecule has 0 aliphatic carbocycles. The number of para-hydroxylation sites is 1. The first-order valence-corrected chi connectivity index (χ1v) is 10.2. The fourth-order valence-corrected chi connectivity index (χ4v) is 3.73. The highest BCUT2D eigenvalue weighted by molar-refractivity contribution is 6.00.